The van der Waals surface area contributed by atoms with E-state index in [1.807, 2.05) is 20.8 Å². The smallest absolute Gasteiger partial charge is 0.275 e. The van der Waals surface area contributed by atoms with Crippen LogP contribution in [0.2, 0.25) is 0 Å². The quantitative estimate of drug-likeness (QED) is 0.555. The number of ether oxygens (including phenoxy) is 1. The summed E-state index contributed by atoms with van der Waals surface area (Å²) in [4.78, 5) is 16.1. The molecule has 144 valence electrons. The third-order valence-electron chi connectivity index (χ3n) is 3.66. The molecule has 25 heavy (non-hydrogen) atoms. The van der Waals surface area contributed by atoms with Crippen molar-refractivity contribution in [3.05, 3.63) is 6.20 Å². The van der Waals surface area contributed by atoms with E-state index in [4.69, 9.17) is 4.74 Å². The van der Waals surface area contributed by atoms with Crippen LogP contribution in [0.5, 0.6) is 5.19 Å². The number of hydrogen-bond donors (Lipinski definition) is 3. The SMILES string of the molecule is CCCC(C)CCC(=O)Nc1cnc(OCC(O)CNC(C)(C)C)s1. The first-order valence-electron chi connectivity index (χ1n) is 9.01. The highest BCUT2D eigenvalue weighted by Gasteiger charge is 2.14. The third-order valence-corrected chi connectivity index (χ3v) is 4.49. The van der Waals surface area contributed by atoms with Crippen molar-refractivity contribution >= 4 is 22.2 Å². The molecule has 3 N–H and O–H groups in total. The number of carbonyl (C=O) groups excluding carboxylic acids is 1. The Morgan fingerprint density at radius 3 is 2.76 bits per heavy atom. The molecule has 2 unspecified atom stereocenters. The summed E-state index contributed by atoms with van der Waals surface area (Å²) in [6, 6.07) is 0. The maximum absolute atomic E-state index is 12.0. The van der Waals surface area contributed by atoms with E-state index in [9.17, 15) is 9.90 Å². The fourth-order valence-corrected chi connectivity index (χ4v) is 2.94. The number of anilines is 1. The molecular formula is C18H33N3O3S. The van der Waals surface area contributed by atoms with E-state index >= 15 is 0 Å². The standard InChI is InChI=1S/C18H33N3O3S/c1-6-7-13(2)8-9-15(23)21-16-11-19-17(25-16)24-12-14(22)10-20-18(3,4)5/h11,13-14,20,22H,6-10,12H2,1-5H3,(H,21,23). The molecule has 7 heteroatoms. The predicted octanol–water partition coefficient (Wildman–Crippen LogP) is 3.43. The minimum absolute atomic E-state index is 0.00700. The van der Waals surface area contributed by atoms with Gasteiger partial charge in [0.15, 0.2) is 0 Å². The highest BCUT2D eigenvalue weighted by Crippen LogP contribution is 2.25. The van der Waals surface area contributed by atoms with Gasteiger partial charge in [-0.2, -0.15) is 0 Å². The number of amides is 1. The van der Waals surface area contributed by atoms with Gasteiger partial charge in [0, 0.05) is 18.5 Å². The Morgan fingerprint density at radius 2 is 2.12 bits per heavy atom. The molecule has 1 aromatic rings. The fourth-order valence-electron chi connectivity index (χ4n) is 2.25. The molecule has 0 bridgehead atoms. The van der Waals surface area contributed by atoms with Gasteiger partial charge >= 0.3 is 0 Å². The molecule has 0 aliphatic heterocycles. The van der Waals surface area contributed by atoms with Crippen molar-refractivity contribution in [1.29, 1.82) is 0 Å². The summed E-state index contributed by atoms with van der Waals surface area (Å²) < 4.78 is 5.49. The lowest BCUT2D eigenvalue weighted by atomic mass is 10.0. The normalized spacial score (nSPS) is 14.2. The number of nitrogens with one attached hydrogen (secondary N) is 2. The number of nitrogens with zero attached hydrogens (tertiary/aromatic N) is 1. The van der Waals surface area contributed by atoms with Crippen LogP contribution in [0.4, 0.5) is 5.00 Å². The van der Waals surface area contributed by atoms with E-state index < -0.39 is 6.10 Å². The number of rotatable bonds is 11. The number of hydrogen-bond acceptors (Lipinski definition) is 6. The van der Waals surface area contributed by atoms with Crippen LogP contribution in [-0.2, 0) is 4.79 Å². The topological polar surface area (TPSA) is 83.5 Å². The molecule has 6 nitrogen and oxygen atoms in total. The lowest BCUT2D eigenvalue weighted by molar-refractivity contribution is -0.116. The first-order chi connectivity index (χ1) is 11.7. The molecule has 2 atom stereocenters. The van der Waals surface area contributed by atoms with E-state index in [1.54, 1.807) is 6.20 Å². The second-order valence-electron chi connectivity index (χ2n) is 7.57. The molecule has 1 amide bonds. The molecule has 0 saturated heterocycles. The van der Waals surface area contributed by atoms with Gasteiger partial charge in [-0.25, -0.2) is 4.98 Å². The summed E-state index contributed by atoms with van der Waals surface area (Å²) >= 11 is 1.27. The zero-order chi connectivity index (χ0) is 18.9. The third kappa shape index (κ3) is 10.4. The van der Waals surface area contributed by atoms with Gasteiger partial charge in [0.25, 0.3) is 5.19 Å². The van der Waals surface area contributed by atoms with Gasteiger partial charge in [-0.1, -0.05) is 38.0 Å². The Hall–Kier alpha value is -1.18. The maximum Gasteiger partial charge on any atom is 0.275 e. The van der Waals surface area contributed by atoms with Crippen LogP contribution in [-0.4, -0.2) is 40.8 Å². The van der Waals surface area contributed by atoms with Crippen LogP contribution in [0.15, 0.2) is 6.20 Å². The molecule has 1 heterocycles. The summed E-state index contributed by atoms with van der Waals surface area (Å²) in [5.74, 6) is 0.576. The predicted molar refractivity (Wildman–Crippen MR) is 103 cm³/mol. The van der Waals surface area contributed by atoms with Gasteiger partial charge in [0.05, 0.1) is 6.20 Å². The van der Waals surface area contributed by atoms with Gasteiger partial charge in [-0.05, 0) is 33.1 Å². The van der Waals surface area contributed by atoms with Crippen molar-refractivity contribution < 1.29 is 14.6 Å². The molecule has 0 spiro atoms. The summed E-state index contributed by atoms with van der Waals surface area (Å²) in [6.07, 6.45) is 4.70. The minimum Gasteiger partial charge on any atom is -0.467 e. The molecule has 0 saturated carbocycles. The number of carbonyl (C=O) groups is 1. The van der Waals surface area contributed by atoms with Crippen molar-refractivity contribution in [2.24, 2.45) is 5.92 Å². The van der Waals surface area contributed by atoms with Crippen molar-refractivity contribution in [2.75, 3.05) is 18.5 Å². The van der Waals surface area contributed by atoms with Crippen LogP contribution in [0.3, 0.4) is 0 Å². The minimum atomic E-state index is -0.610. The molecule has 1 aromatic heterocycles. The van der Waals surface area contributed by atoms with Crippen LogP contribution in [0.1, 0.15) is 60.3 Å². The average Bonchev–Trinajstić information content (AvgIpc) is 2.96. The van der Waals surface area contributed by atoms with Crippen molar-refractivity contribution in [3.63, 3.8) is 0 Å². The van der Waals surface area contributed by atoms with Crippen molar-refractivity contribution in [2.45, 2.75) is 71.9 Å². The zero-order valence-corrected chi connectivity index (χ0v) is 16.9. The molecular weight excluding hydrogens is 338 g/mol. The molecule has 0 aromatic carbocycles. The summed E-state index contributed by atoms with van der Waals surface area (Å²) in [5, 5.41) is 17.1. The molecule has 0 aliphatic rings. The van der Waals surface area contributed by atoms with Gasteiger partial charge < -0.3 is 20.5 Å². The summed E-state index contributed by atoms with van der Waals surface area (Å²) in [6.45, 7) is 11.1. The highest BCUT2D eigenvalue weighted by atomic mass is 32.1. The van der Waals surface area contributed by atoms with Gasteiger partial charge in [-0.15, -0.1) is 0 Å². The van der Waals surface area contributed by atoms with E-state index in [0.717, 1.165) is 19.3 Å². The van der Waals surface area contributed by atoms with Gasteiger partial charge in [0.2, 0.25) is 5.91 Å². The number of aliphatic hydroxyl groups is 1. The van der Waals surface area contributed by atoms with Crippen LogP contribution in [0.25, 0.3) is 0 Å². The largest absolute Gasteiger partial charge is 0.467 e. The molecule has 0 aliphatic carbocycles. The fraction of sp³-hybridized carbons (Fsp3) is 0.778. The van der Waals surface area contributed by atoms with Crippen LogP contribution in [0, 0.1) is 5.92 Å². The number of aromatic nitrogens is 1. The second kappa shape index (κ2) is 10.7. The second-order valence-corrected chi connectivity index (χ2v) is 8.56. The molecule has 0 fully saturated rings. The van der Waals surface area contributed by atoms with Gasteiger partial charge in [0.1, 0.15) is 17.7 Å². The Morgan fingerprint density at radius 1 is 1.40 bits per heavy atom. The number of β-amino-alcohol motifs (C(OH)–C–C–N with tert-alkyl or cyclic N) is 1. The Balaban J connectivity index is 2.30. The zero-order valence-electron chi connectivity index (χ0n) is 16.1. The number of aliphatic hydroxyl groups excluding tert-OH is 1. The average molecular weight is 372 g/mol. The van der Waals surface area contributed by atoms with E-state index in [2.05, 4.69) is 29.5 Å². The maximum atomic E-state index is 12.0. The first kappa shape index (κ1) is 21.9. The Bertz CT molecular complexity index is 514. The Labute approximate surface area is 155 Å². The first-order valence-corrected chi connectivity index (χ1v) is 9.82. The summed E-state index contributed by atoms with van der Waals surface area (Å²) in [5.41, 5.74) is -0.0474. The van der Waals surface area contributed by atoms with Crippen molar-refractivity contribution in [1.82, 2.24) is 10.3 Å². The summed E-state index contributed by atoms with van der Waals surface area (Å²) in [7, 11) is 0. The number of thiazole rings is 1. The van der Waals surface area contributed by atoms with E-state index in [-0.39, 0.29) is 18.1 Å². The highest BCUT2D eigenvalue weighted by molar-refractivity contribution is 7.17. The van der Waals surface area contributed by atoms with E-state index in [0.29, 0.717) is 29.1 Å². The monoisotopic (exact) mass is 371 g/mol. The molecule has 0 radical (unpaired) electrons. The molecule has 1 rings (SSSR count). The van der Waals surface area contributed by atoms with E-state index in [1.165, 1.54) is 11.3 Å². The van der Waals surface area contributed by atoms with Crippen LogP contribution < -0.4 is 15.4 Å². The van der Waals surface area contributed by atoms with Crippen molar-refractivity contribution in [3.8, 4) is 5.19 Å². The lowest BCUT2D eigenvalue weighted by Crippen LogP contribution is -2.42. The van der Waals surface area contributed by atoms with Crippen LogP contribution >= 0.6 is 11.3 Å². The Kier molecular flexibility index (Phi) is 9.38. The van der Waals surface area contributed by atoms with Gasteiger partial charge in [-0.3, -0.25) is 4.79 Å². The lowest BCUT2D eigenvalue weighted by Gasteiger charge is -2.22.